The van der Waals surface area contributed by atoms with Crippen molar-refractivity contribution in [2.75, 3.05) is 0 Å². The van der Waals surface area contributed by atoms with Crippen molar-refractivity contribution in [3.63, 3.8) is 0 Å². The van der Waals surface area contributed by atoms with Crippen LogP contribution in [0.2, 0.25) is 0 Å². The lowest BCUT2D eigenvalue weighted by atomic mass is 10.1. The summed E-state index contributed by atoms with van der Waals surface area (Å²) in [5.74, 6) is -0.397. The van der Waals surface area contributed by atoms with Gasteiger partial charge in [0.2, 0.25) is 0 Å². The van der Waals surface area contributed by atoms with Crippen LogP contribution in [0.5, 0.6) is 0 Å². The van der Waals surface area contributed by atoms with Gasteiger partial charge in [-0.05, 0) is 13.0 Å². The molecular formula is C8H11N3O2. The van der Waals surface area contributed by atoms with Gasteiger partial charge >= 0.3 is 5.97 Å². The zero-order valence-corrected chi connectivity index (χ0v) is 7.27. The molecule has 1 atom stereocenters. The molecule has 0 radical (unpaired) electrons. The molecule has 13 heavy (non-hydrogen) atoms. The molecule has 0 aliphatic carbocycles. The van der Waals surface area contributed by atoms with Crippen molar-refractivity contribution in [1.29, 1.82) is 0 Å². The number of carbonyl (C=O) groups is 1. The first kappa shape index (κ1) is 9.60. The minimum atomic E-state index is -1.02. The number of carboxylic acid groups (broad SMARTS) is 1. The molecule has 0 amide bonds. The molecule has 1 rings (SSSR count). The molecule has 0 fully saturated rings. The van der Waals surface area contributed by atoms with Crippen LogP contribution >= 0.6 is 0 Å². The Hall–Kier alpha value is -1.49. The summed E-state index contributed by atoms with van der Waals surface area (Å²) in [6.07, 6.45) is 1.82. The molecule has 0 aliphatic rings. The Morgan fingerprint density at radius 3 is 3.00 bits per heavy atom. The van der Waals surface area contributed by atoms with E-state index in [9.17, 15) is 4.79 Å². The summed E-state index contributed by atoms with van der Waals surface area (Å²) in [5, 5.41) is 8.54. The first-order valence-corrected chi connectivity index (χ1v) is 3.86. The second-order valence-electron chi connectivity index (χ2n) is 2.74. The number of aryl methyl sites for hydroxylation is 1. The van der Waals surface area contributed by atoms with Gasteiger partial charge in [-0.3, -0.25) is 4.79 Å². The summed E-state index contributed by atoms with van der Waals surface area (Å²) in [4.78, 5) is 18.4. The van der Waals surface area contributed by atoms with E-state index in [0.717, 1.165) is 0 Å². The highest BCUT2D eigenvalue weighted by molar-refractivity contribution is 5.73. The van der Waals surface area contributed by atoms with Crippen LogP contribution < -0.4 is 5.73 Å². The Balaban J connectivity index is 2.69. The topological polar surface area (TPSA) is 89.1 Å². The Morgan fingerprint density at radius 1 is 1.77 bits per heavy atom. The van der Waals surface area contributed by atoms with Crippen molar-refractivity contribution >= 4 is 5.97 Å². The zero-order chi connectivity index (χ0) is 9.84. The van der Waals surface area contributed by atoms with Gasteiger partial charge < -0.3 is 10.8 Å². The molecule has 3 N–H and O–H groups in total. The van der Waals surface area contributed by atoms with Crippen molar-refractivity contribution in [3.8, 4) is 0 Å². The van der Waals surface area contributed by atoms with Gasteiger partial charge in [0, 0.05) is 18.3 Å². The maximum absolute atomic E-state index is 10.4. The predicted molar refractivity (Wildman–Crippen MR) is 46.1 cm³/mol. The van der Waals surface area contributed by atoms with E-state index in [1.54, 1.807) is 19.2 Å². The van der Waals surface area contributed by atoms with Crippen LogP contribution in [-0.4, -0.2) is 27.1 Å². The number of aliphatic carboxylic acids is 1. The van der Waals surface area contributed by atoms with Crippen LogP contribution in [-0.2, 0) is 11.2 Å². The van der Waals surface area contributed by atoms with Crippen LogP contribution in [0.15, 0.2) is 12.3 Å². The summed E-state index contributed by atoms with van der Waals surface area (Å²) in [5.41, 5.74) is 5.99. The minimum absolute atomic E-state index is 0.235. The van der Waals surface area contributed by atoms with Gasteiger partial charge in [-0.2, -0.15) is 0 Å². The molecule has 5 nitrogen and oxygen atoms in total. The lowest BCUT2D eigenvalue weighted by Crippen LogP contribution is -2.32. The third kappa shape index (κ3) is 2.79. The molecule has 0 saturated heterocycles. The fourth-order valence-electron chi connectivity index (χ4n) is 0.931. The minimum Gasteiger partial charge on any atom is -0.480 e. The van der Waals surface area contributed by atoms with Crippen LogP contribution in [0.3, 0.4) is 0 Å². The fraction of sp³-hybridized carbons (Fsp3) is 0.375. The SMILES string of the molecule is Cc1nccc(CC(N)C(=O)O)n1. The Bertz CT molecular complexity index is 314. The second-order valence-corrected chi connectivity index (χ2v) is 2.74. The van der Waals surface area contributed by atoms with Gasteiger partial charge in [0.25, 0.3) is 0 Å². The van der Waals surface area contributed by atoms with Gasteiger partial charge in [0.05, 0.1) is 0 Å². The fourth-order valence-corrected chi connectivity index (χ4v) is 0.931. The van der Waals surface area contributed by atoms with E-state index in [4.69, 9.17) is 10.8 Å². The van der Waals surface area contributed by atoms with Crippen molar-refractivity contribution in [1.82, 2.24) is 9.97 Å². The van der Waals surface area contributed by atoms with Gasteiger partial charge in [0.15, 0.2) is 0 Å². The molecule has 5 heteroatoms. The molecule has 0 saturated carbocycles. The standard InChI is InChI=1S/C8H11N3O2/c1-5-10-3-2-6(11-5)4-7(9)8(12)13/h2-3,7H,4,9H2,1H3,(H,12,13). The molecule has 1 aromatic rings. The highest BCUT2D eigenvalue weighted by Gasteiger charge is 2.12. The number of hydrogen-bond acceptors (Lipinski definition) is 4. The van der Waals surface area contributed by atoms with Crippen LogP contribution in [0.25, 0.3) is 0 Å². The maximum atomic E-state index is 10.4. The van der Waals surface area contributed by atoms with Gasteiger partial charge in [-0.25, -0.2) is 9.97 Å². The van der Waals surface area contributed by atoms with E-state index >= 15 is 0 Å². The van der Waals surface area contributed by atoms with Gasteiger partial charge in [0.1, 0.15) is 11.9 Å². The summed E-state index contributed by atoms with van der Waals surface area (Å²) >= 11 is 0. The zero-order valence-electron chi connectivity index (χ0n) is 7.27. The summed E-state index contributed by atoms with van der Waals surface area (Å²) in [6, 6.07) is 0.768. The Kier molecular flexibility index (Phi) is 2.92. The van der Waals surface area contributed by atoms with E-state index in [1.165, 1.54) is 0 Å². The molecule has 0 aliphatic heterocycles. The second kappa shape index (κ2) is 3.95. The van der Waals surface area contributed by atoms with Crippen LogP contribution in [0, 0.1) is 6.92 Å². The van der Waals surface area contributed by atoms with E-state index in [0.29, 0.717) is 11.5 Å². The molecule has 1 unspecified atom stereocenters. The molecular weight excluding hydrogens is 170 g/mol. The number of carboxylic acids is 1. The van der Waals surface area contributed by atoms with E-state index < -0.39 is 12.0 Å². The monoisotopic (exact) mass is 181 g/mol. The normalized spacial score (nSPS) is 12.5. The molecule has 0 spiro atoms. The van der Waals surface area contributed by atoms with E-state index in [2.05, 4.69) is 9.97 Å². The molecule has 0 bridgehead atoms. The van der Waals surface area contributed by atoms with Crippen molar-refractivity contribution < 1.29 is 9.90 Å². The van der Waals surface area contributed by atoms with Crippen LogP contribution in [0.4, 0.5) is 0 Å². The number of aromatic nitrogens is 2. The Labute approximate surface area is 75.6 Å². The van der Waals surface area contributed by atoms with Crippen molar-refractivity contribution in [3.05, 3.63) is 23.8 Å². The van der Waals surface area contributed by atoms with E-state index in [1.807, 2.05) is 0 Å². The summed E-state index contributed by atoms with van der Waals surface area (Å²) in [7, 11) is 0. The van der Waals surface area contributed by atoms with Gasteiger partial charge in [-0.15, -0.1) is 0 Å². The molecule has 0 aromatic carbocycles. The van der Waals surface area contributed by atoms with Crippen molar-refractivity contribution in [2.45, 2.75) is 19.4 Å². The molecule has 70 valence electrons. The third-order valence-corrected chi connectivity index (χ3v) is 1.58. The lowest BCUT2D eigenvalue weighted by molar-refractivity contribution is -0.138. The largest absolute Gasteiger partial charge is 0.480 e. The highest BCUT2D eigenvalue weighted by atomic mass is 16.4. The van der Waals surface area contributed by atoms with Crippen LogP contribution in [0.1, 0.15) is 11.5 Å². The highest BCUT2D eigenvalue weighted by Crippen LogP contribution is 1.98. The first-order valence-electron chi connectivity index (χ1n) is 3.86. The lowest BCUT2D eigenvalue weighted by Gasteiger charge is -2.05. The maximum Gasteiger partial charge on any atom is 0.320 e. The number of rotatable bonds is 3. The predicted octanol–water partition coefficient (Wildman–Crippen LogP) is -0.261. The average molecular weight is 181 g/mol. The smallest absolute Gasteiger partial charge is 0.320 e. The molecule has 1 aromatic heterocycles. The number of nitrogens with two attached hydrogens (primary N) is 1. The summed E-state index contributed by atoms with van der Waals surface area (Å²) in [6.45, 7) is 1.75. The average Bonchev–Trinajstić information content (AvgIpc) is 2.04. The number of nitrogens with zero attached hydrogens (tertiary/aromatic N) is 2. The third-order valence-electron chi connectivity index (χ3n) is 1.58. The number of hydrogen-bond donors (Lipinski definition) is 2. The molecule has 1 heterocycles. The van der Waals surface area contributed by atoms with Crippen molar-refractivity contribution in [2.24, 2.45) is 5.73 Å². The van der Waals surface area contributed by atoms with Gasteiger partial charge in [-0.1, -0.05) is 0 Å². The summed E-state index contributed by atoms with van der Waals surface area (Å²) < 4.78 is 0. The Morgan fingerprint density at radius 2 is 2.46 bits per heavy atom. The first-order chi connectivity index (χ1) is 6.09. The van der Waals surface area contributed by atoms with E-state index in [-0.39, 0.29) is 6.42 Å². The quantitative estimate of drug-likeness (QED) is 0.670.